The van der Waals surface area contributed by atoms with Gasteiger partial charge in [-0.15, -0.1) is 0 Å². The minimum absolute atomic E-state index is 0.191. The molecule has 0 N–H and O–H groups in total. The molecule has 0 spiro atoms. The van der Waals surface area contributed by atoms with Gasteiger partial charge in [0.1, 0.15) is 29.7 Å². The summed E-state index contributed by atoms with van der Waals surface area (Å²) in [6.45, 7) is 0.191. The van der Waals surface area contributed by atoms with Crippen LogP contribution in [0.4, 0.5) is 4.39 Å². The van der Waals surface area contributed by atoms with Crippen molar-refractivity contribution in [2.45, 2.75) is 6.61 Å². The first-order valence-electron chi connectivity index (χ1n) is 7.66. The van der Waals surface area contributed by atoms with Crippen molar-refractivity contribution in [3.63, 3.8) is 0 Å². The first-order valence-corrected chi connectivity index (χ1v) is 8.41. The van der Waals surface area contributed by atoms with Crippen molar-refractivity contribution in [2.24, 2.45) is 0 Å². The third-order valence-electron chi connectivity index (χ3n) is 3.47. The molecule has 0 aliphatic carbocycles. The van der Waals surface area contributed by atoms with Crippen molar-refractivity contribution >= 4 is 35.1 Å². The Balaban J connectivity index is 1.61. The predicted molar refractivity (Wildman–Crippen MR) is 99.3 cm³/mol. The number of halogens is 3. The predicted octanol–water partition coefficient (Wildman–Crippen LogP) is 6.20. The maximum Gasteiger partial charge on any atom is 0.187 e. The molecule has 6 heteroatoms. The number of ketones is 1. The Morgan fingerprint density at radius 3 is 2.58 bits per heavy atom. The number of carbonyl (C=O) groups is 1. The van der Waals surface area contributed by atoms with E-state index in [1.54, 1.807) is 30.3 Å². The summed E-state index contributed by atoms with van der Waals surface area (Å²) in [6.07, 6.45) is 2.92. The van der Waals surface area contributed by atoms with Crippen LogP contribution in [0.2, 0.25) is 10.0 Å². The highest BCUT2D eigenvalue weighted by atomic mass is 35.5. The molecular weight excluding hydrogens is 378 g/mol. The number of benzene rings is 2. The lowest BCUT2D eigenvalue weighted by molar-refractivity contribution is 0.104. The summed E-state index contributed by atoms with van der Waals surface area (Å²) in [6, 6.07) is 13.9. The molecule has 0 aliphatic rings. The van der Waals surface area contributed by atoms with Crippen LogP contribution in [0, 0.1) is 5.82 Å². The molecule has 3 rings (SSSR count). The van der Waals surface area contributed by atoms with Gasteiger partial charge in [0.2, 0.25) is 0 Å². The zero-order chi connectivity index (χ0) is 18.5. The number of hydrogen-bond acceptors (Lipinski definition) is 3. The molecule has 3 nitrogen and oxygen atoms in total. The van der Waals surface area contributed by atoms with Crippen LogP contribution in [0.1, 0.15) is 21.9 Å². The van der Waals surface area contributed by atoms with Gasteiger partial charge in [-0.05, 0) is 66.7 Å². The van der Waals surface area contributed by atoms with Crippen molar-refractivity contribution in [1.29, 1.82) is 0 Å². The van der Waals surface area contributed by atoms with Crippen LogP contribution in [0.15, 0.2) is 65.1 Å². The molecule has 1 aromatic heterocycles. The minimum atomic E-state index is -0.326. The zero-order valence-corrected chi connectivity index (χ0v) is 14.9. The molecule has 0 fully saturated rings. The third-order valence-corrected chi connectivity index (χ3v) is 4.02. The molecule has 0 amide bonds. The van der Waals surface area contributed by atoms with Crippen LogP contribution in [-0.2, 0) is 6.61 Å². The summed E-state index contributed by atoms with van der Waals surface area (Å²) in [7, 11) is 0. The lowest BCUT2D eigenvalue weighted by Gasteiger charge is -2.03. The summed E-state index contributed by atoms with van der Waals surface area (Å²) in [5, 5.41) is 0.757. The van der Waals surface area contributed by atoms with E-state index in [2.05, 4.69) is 0 Å². The smallest absolute Gasteiger partial charge is 0.187 e. The molecule has 0 radical (unpaired) electrons. The molecule has 0 saturated heterocycles. The first kappa shape index (κ1) is 18.2. The number of allylic oxidation sites excluding steroid dienone is 1. The number of furan rings is 1. The highest BCUT2D eigenvalue weighted by Gasteiger charge is 2.08. The summed E-state index contributed by atoms with van der Waals surface area (Å²) >= 11 is 11.8. The lowest BCUT2D eigenvalue weighted by atomic mass is 10.1. The largest absolute Gasteiger partial charge is 0.486 e. The molecule has 0 unspecified atom stereocenters. The van der Waals surface area contributed by atoms with Crippen molar-refractivity contribution in [2.75, 3.05) is 0 Å². The maximum atomic E-state index is 12.8. The van der Waals surface area contributed by atoms with Crippen molar-refractivity contribution in [1.82, 2.24) is 0 Å². The highest BCUT2D eigenvalue weighted by molar-refractivity contribution is 6.37. The van der Waals surface area contributed by atoms with E-state index in [0.717, 1.165) is 0 Å². The van der Waals surface area contributed by atoms with E-state index in [9.17, 15) is 9.18 Å². The van der Waals surface area contributed by atoms with Gasteiger partial charge in [-0.3, -0.25) is 4.79 Å². The fraction of sp³-hybridized carbons (Fsp3) is 0.0500. The number of rotatable bonds is 6. The summed E-state index contributed by atoms with van der Waals surface area (Å²) in [5.41, 5.74) is 0.360. The molecule has 3 aromatic rings. The molecule has 0 aliphatic heterocycles. The van der Waals surface area contributed by atoms with Gasteiger partial charge in [0, 0.05) is 10.6 Å². The summed E-state index contributed by atoms with van der Waals surface area (Å²) in [4.78, 5) is 12.2. The Labute approximate surface area is 159 Å². The van der Waals surface area contributed by atoms with E-state index in [1.807, 2.05) is 0 Å². The monoisotopic (exact) mass is 390 g/mol. The third kappa shape index (κ3) is 4.75. The van der Waals surface area contributed by atoms with Crippen LogP contribution in [0.3, 0.4) is 0 Å². The van der Waals surface area contributed by atoms with Crippen molar-refractivity contribution < 1.29 is 18.3 Å². The second kappa shape index (κ2) is 8.21. The van der Waals surface area contributed by atoms with E-state index in [0.29, 0.717) is 32.9 Å². The van der Waals surface area contributed by atoms with Gasteiger partial charge < -0.3 is 9.15 Å². The number of ether oxygens (including phenoxy) is 1. The van der Waals surface area contributed by atoms with Crippen molar-refractivity contribution in [3.05, 3.63) is 93.6 Å². The van der Waals surface area contributed by atoms with E-state index in [-0.39, 0.29) is 18.2 Å². The first-order chi connectivity index (χ1) is 12.5. The maximum absolute atomic E-state index is 12.8. The van der Waals surface area contributed by atoms with Gasteiger partial charge >= 0.3 is 0 Å². The Morgan fingerprint density at radius 2 is 1.85 bits per heavy atom. The quantitative estimate of drug-likeness (QED) is 0.371. The topological polar surface area (TPSA) is 39.4 Å². The molecule has 1 heterocycles. The summed E-state index contributed by atoms with van der Waals surface area (Å²) < 4.78 is 23.9. The van der Waals surface area contributed by atoms with E-state index in [4.69, 9.17) is 32.4 Å². The van der Waals surface area contributed by atoms with E-state index >= 15 is 0 Å². The Kier molecular flexibility index (Phi) is 5.76. The second-order valence-electron chi connectivity index (χ2n) is 5.37. The van der Waals surface area contributed by atoms with Crippen LogP contribution in [0.25, 0.3) is 6.08 Å². The average molecular weight is 391 g/mol. The number of carbonyl (C=O) groups excluding carboxylic acids is 1. The van der Waals surface area contributed by atoms with Gasteiger partial charge in [0.15, 0.2) is 5.78 Å². The Morgan fingerprint density at radius 1 is 1.08 bits per heavy atom. The fourth-order valence-electron chi connectivity index (χ4n) is 2.18. The van der Waals surface area contributed by atoms with Crippen LogP contribution >= 0.6 is 23.2 Å². The Bertz CT molecular complexity index is 946. The van der Waals surface area contributed by atoms with Gasteiger partial charge in [0.25, 0.3) is 0 Å². The van der Waals surface area contributed by atoms with Crippen LogP contribution in [-0.4, -0.2) is 5.78 Å². The molecule has 2 aromatic carbocycles. The lowest BCUT2D eigenvalue weighted by Crippen LogP contribution is -1.95. The zero-order valence-electron chi connectivity index (χ0n) is 13.4. The molecule has 0 atom stereocenters. The highest BCUT2D eigenvalue weighted by Crippen LogP contribution is 2.22. The standard InChI is InChI=1S/C20H13Cl2FO3/c21-13-1-9-18(19(22)11-13)20(24)10-8-16-6-7-17(26-16)12-25-15-4-2-14(23)3-5-15/h1-11H,12H2/b10-8+. The van der Waals surface area contributed by atoms with Crippen molar-refractivity contribution in [3.8, 4) is 5.75 Å². The molecule has 0 saturated carbocycles. The Hall–Kier alpha value is -2.56. The normalized spacial score (nSPS) is 11.0. The van der Waals surface area contributed by atoms with E-state index in [1.165, 1.54) is 36.4 Å². The number of hydrogen-bond donors (Lipinski definition) is 0. The summed E-state index contributed by atoms with van der Waals surface area (Å²) in [5.74, 6) is 1.03. The SMILES string of the molecule is O=C(/C=C/c1ccc(COc2ccc(F)cc2)o1)c1ccc(Cl)cc1Cl. The fourth-order valence-corrected chi connectivity index (χ4v) is 2.69. The average Bonchev–Trinajstić information content (AvgIpc) is 3.07. The van der Waals surface area contributed by atoms with Gasteiger partial charge in [-0.25, -0.2) is 4.39 Å². The second-order valence-corrected chi connectivity index (χ2v) is 6.21. The molecule has 132 valence electrons. The van der Waals surface area contributed by atoms with E-state index < -0.39 is 0 Å². The van der Waals surface area contributed by atoms with Gasteiger partial charge in [0.05, 0.1) is 5.02 Å². The molecular formula is C20H13Cl2FO3. The van der Waals surface area contributed by atoms with Gasteiger partial charge in [-0.1, -0.05) is 23.2 Å². The van der Waals surface area contributed by atoms with Crippen LogP contribution < -0.4 is 4.74 Å². The minimum Gasteiger partial charge on any atom is -0.486 e. The van der Waals surface area contributed by atoms with Gasteiger partial charge in [-0.2, -0.15) is 0 Å². The molecule has 26 heavy (non-hydrogen) atoms. The van der Waals surface area contributed by atoms with Crippen LogP contribution in [0.5, 0.6) is 5.75 Å². The molecule has 0 bridgehead atoms.